The topological polar surface area (TPSA) is 26.7 Å². The Hall–Kier alpha value is -0.120. The minimum absolute atomic E-state index is 0.0232. The fourth-order valence-electron chi connectivity index (χ4n) is 3.65. The number of aliphatic hydroxyl groups excluding tert-OH is 1. The molecular formula is C15H30N2O. The first-order valence-electron chi connectivity index (χ1n) is 7.57. The van der Waals surface area contributed by atoms with Gasteiger partial charge in [-0.2, -0.15) is 0 Å². The van der Waals surface area contributed by atoms with Gasteiger partial charge in [-0.15, -0.1) is 0 Å². The predicted molar refractivity (Wildman–Crippen MR) is 75.7 cm³/mol. The Morgan fingerprint density at radius 1 is 1.11 bits per heavy atom. The van der Waals surface area contributed by atoms with Gasteiger partial charge in [0.15, 0.2) is 0 Å². The molecule has 3 heteroatoms. The van der Waals surface area contributed by atoms with Crippen molar-refractivity contribution in [2.75, 3.05) is 34.2 Å². The maximum Gasteiger partial charge on any atom is 0.0568 e. The van der Waals surface area contributed by atoms with Gasteiger partial charge in [0.2, 0.25) is 0 Å². The molecule has 0 heterocycles. The summed E-state index contributed by atoms with van der Waals surface area (Å²) in [6.45, 7) is 2.32. The van der Waals surface area contributed by atoms with Gasteiger partial charge in [-0.25, -0.2) is 0 Å². The molecule has 2 unspecified atom stereocenters. The summed E-state index contributed by atoms with van der Waals surface area (Å²) >= 11 is 0. The molecule has 2 rings (SSSR count). The molecule has 3 nitrogen and oxygen atoms in total. The Morgan fingerprint density at radius 2 is 1.83 bits per heavy atom. The third-order valence-electron chi connectivity index (χ3n) is 5.30. The molecule has 0 aromatic heterocycles. The second kappa shape index (κ2) is 5.89. The standard InChI is InChI=1S/C15H30N2O/c1-16(2)15(9-5-10-15)12-17(3)11-8-13-6-4-7-14(13)18/h13-14,18H,4-12H2,1-3H3. The lowest BCUT2D eigenvalue weighted by molar-refractivity contribution is 0.0246. The van der Waals surface area contributed by atoms with E-state index in [0.717, 1.165) is 13.0 Å². The normalized spacial score (nSPS) is 31.0. The quantitative estimate of drug-likeness (QED) is 0.785. The molecule has 0 aromatic carbocycles. The predicted octanol–water partition coefficient (Wildman–Crippen LogP) is 1.95. The molecule has 2 fully saturated rings. The Bertz CT molecular complexity index is 263. The number of hydrogen-bond donors (Lipinski definition) is 1. The van der Waals surface area contributed by atoms with Crippen LogP contribution in [-0.2, 0) is 0 Å². The van der Waals surface area contributed by atoms with E-state index in [4.69, 9.17) is 0 Å². The molecule has 0 aliphatic heterocycles. The summed E-state index contributed by atoms with van der Waals surface area (Å²) < 4.78 is 0. The summed E-state index contributed by atoms with van der Waals surface area (Å²) in [5.74, 6) is 0.559. The van der Waals surface area contributed by atoms with Gasteiger partial charge in [-0.3, -0.25) is 0 Å². The van der Waals surface area contributed by atoms with Gasteiger partial charge < -0.3 is 14.9 Å². The van der Waals surface area contributed by atoms with Crippen molar-refractivity contribution in [3.63, 3.8) is 0 Å². The number of rotatable bonds is 6. The van der Waals surface area contributed by atoms with Crippen LogP contribution in [0.4, 0.5) is 0 Å². The second-order valence-corrected chi connectivity index (χ2v) is 6.76. The first-order chi connectivity index (χ1) is 8.53. The van der Waals surface area contributed by atoms with Crippen LogP contribution >= 0.6 is 0 Å². The zero-order valence-corrected chi connectivity index (χ0v) is 12.4. The van der Waals surface area contributed by atoms with E-state index < -0.39 is 0 Å². The van der Waals surface area contributed by atoms with E-state index in [9.17, 15) is 5.11 Å². The Kier molecular flexibility index (Phi) is 4.68. The SMILES string of the molecule is CN(CCC1CCCC1O)CC1(N(C)C)CCC1. The van der Waals surface area contributed by atoms with Crippen LogP contribution in [0.3, 0.4) is 0 Å². The van der Waals surface area contributed by atoms with Gasteiger partial charge in [0.25, 0.3) is 0 Å². The fraction of sp³-hybridized carbons (Fsp3) is 1.00. The van der Waals surface area contributed by atoms with Crippen LogP contribution in [0.5, 0.6) is 0 Å². The molecule has 0 aromatic rings. The van der Waals surface area contributed by atoms with Gasteiger partial charge in [0.05, 0.1) is 6.10 Å². The highest BCUT2D eigenvalue weighted by molar-refractivity contribution is 4.97. The van der Waals surface area contributed by atoms with Crippen molar-refractivity contribution in [1.29, 1.82) is 0 Å². The van der Waals surface area contributed by atoms with Gasteiger partial charge in [-0.05, 0) is 72.1 Å². The Labute approximate surface area is 112 Å². The van der Waals surface area contributed by atoms with Gasteiger partial charge in [0.1, 0.15) is 0 Å². The zero-order chi connectivity index (χ0) is 13.2. The monoisotopic (exact) mass is 254 g/mol. The minimum Gasteiger partial charge on any atom is -0.393 e. The smallest absolute Gasteiger partial charge is 0.0568 e. The number of aliphatic hydroxyl groups is 1. The van der Waals surface area contributed by atoms with Crippen molar-refractivity contribution in [3.8, 4) is 0 Å². The average molecular weight is 254 g/mol. The number of hydrogen-bond acceptors (Lipinski definition) is 3. The van der Waals surface area contributed by atoms with E-state index >= 15 is 0 Å². The van der Waals surface area contributed by atoms with Crippen LogP contribution in [-0.4, -0.2) is 60.8 Å². The van der Waals surface area contributed by atoms with Crippen LogP contribution in [0, 0.1) is 5.92 Å². The van der Waals surface area contributed by atoms with Crippen molar-refractivity contribution in [1.82, 2.24) is 9.80 Å². The van der Waals surface area contributed by atoms with E-state index in [1.807, 2.05) is 0 Å². The molecule has 18 heavy (non-hydrogen) atoms. The molecule has 0 amide bonds. The molecule has 2 aliphatic rings. The summed E-state index contributed by atoms with van der Waals surface area (Å²) in [5, 5.41) is 9.85. The molecule has 0 spiro atoms. The second-order valence-electron chi connectivity index (χ2n) is 6.76. The largest absolute Gasteiger partial charge is 0.393 e. The van der Waals surface area contributed by atoms with Crippen LogP contribution in [0.2, 0.25) is 0 Å². The van der Waals surface area contributed by atoms with E-state index in [2.05, 4.69) is 30.9 Å². The maximum absolute atomic E-state index is 9.85. The fourth-order valence-corrected chi connectivity index (χ4v) is 3.65. The van der Waals surface area contributed by atoms with Gasteiger partial charge in [0, 0.05) is 12.1 Å². The molecule has 0 saturated heterocycles. The van der Waals surface area contributed by atoms with Crippen LogP contribution in [0.15, 0.2) is 0 Å². The first kappa shape index (κ1) is 14.3. The summed E-state index contributed by atoms with van der Waals surface area (Å²) in [7, 11) is 6.67. The van der Waals surface area contributed by atoms with Gasteiger partial charge >= 0.3 is 0 Å². The zero-order valence-electron chi connectivity index (χ0n) is 12.4. The van der Waals surface area contributed by atoms with E-state index in [1.54, 1.807) is 0 Å². The summed E-state index contributed by atoms with van der Waals surface area (Å²) in [4.78, 5) is 4.89. The minimum atomic E-state index is -0.0232. The van der Waals surface area contributed by atoms with E-state index in [0.29, 0.717) is 11.5 Å². The third kappa shape index (κ3) is 3.06. The van der Waals surface area contributed by atoms with Crippen molar-refractivity contribution in [2.24, 2.45) is 5.92 Å². The lowest BCUT2D eigenvalue weighted by Gasteiger charge is -2.49. The van der Waals surface area contributed by atoms with Crippen molar-refractivity contribution in [2.45, 2.75) is 56.6 Å². The highest BCUT2D eigenvalue weighted by Crippen LogP contribution is 2.37. The molecular weight excluding hydrogens is 224 g/mol. The Morgan fingerprint density at radius 3 is 2.28 bits per heavy atom. The molecule has 0 radical (unpaired) electrons. The summed E-state index contributed by atoms with van der Waals surface area (Å²) in [6, 6.07) is 0. The maximum atomic E-state index is 9.85. The lowest BCUT2D eigenvalue weighted by Crippen LogP contribution is -2.56. The Balaban J connectivity index is 1.73. The van der Waals surface area contributed by atoms with E-state index in [1.165, 1.54) is 45.1 Å². The number of nitrogens with zero attached hydrogens (tertiary/aromatic N) is 2. The third-order valence-corrected chi connectivity index (χ3v) is 5.30. The molecule has 2 aliphatic carbocycles. The molecule has 2 saturated carbocycles. The van der Waals surface area contributed by atoms with Crippen LogP contribution in [0.25, 0.3) is 0 Å². The average Bonchev–Trinajstić information content (AvgIpc) is 2.66. The van der Waals surface area contributed by atoms with Crippen molar-refractivity contribution < 1.29 is 5.11 Å². The summed E-state index contributed by atoms with van der Waals surface area (Å²) in [6.07, 6.45) is 8.69. The van der Waals surface area contributed by atoms with Crippen molar-refractivity contribution >= 4 is 0 Å². The highest BCUT2D eigenvalue weighted by Gasteiger charge is 2.39. The molecule has 0 bridgehead atoms. The van der Waals surface area contributed by atoms with Gasteiger partial charge in [-0.1, -0.05) is 6.42 Å². The van der Waals surface area contributed by atoms with E-state index in [-0.39, 0.29) is 6.10 Å². The van der Waals surface area contributed by atoms with Crippen LogP contribution in [0.1, 0.15) is 44.9 Å². The highest BCUT2D eigenvalue weighted by atomic mass is 16.3. The molecule has 1 N–H and O–H groups in total. The summed E-state index contributed by atoms with van der Waals surface area (Å²) in [5.41, 5.74) is 0.434. The molecule has 106 valence electrons. The van der Waals surface area contributed by atoms with Crippen molar-refractivity contribution in [3.05, 3.63) is 0 Å². The molecule has 2 atom stereocenters. The lowest BCUT2D eigenvalue weighted by atomic mass is 9.75. The van der Waals surface area contributed by atoms with Crippen LogP contribution < -0.4 is 0 Å². The first-order valence-corrected chi connectivity index (χ1v) is 7.57. The number of likely N-dealkylation sites (N-methyl/N-ethyl adjacent to an activating group) is 2.